The van der Waals surface area contributed by atoms with Crippen LogP contribution in [0.3, 0.4) is 0 Å². The SMILES string of the molecule is CO[C@H]1OC(CO[C@H]2OC(CO)[C@@H](O)[C@H](O)C2OCCCSCCN=C(N)CS[C@@H]2O[C@@H](CO)[C@H](O)[C@H](O)C2O)[C@@H](O)[C@H](O)C1OCCCSCCNC(=O)CCC(=O)NN. The summed E-state index contributed by atoms with van der Waals surface area (Å²) in [6.07, 6.45) is -17.0. The third kappa shape index (κ3) is 17.6. The van der Waals surface area contributed by atoms with Crippen molar-refractivity contribution < 1.29 is 88.7 Å². The maximum atomic E-state index is 11.8. The fourth-order valence-corrected chi connectivity index (χ4v) is 8.78. The van der Waals surface area contributed by atoms with Gasteiger partial charge in [0.2, 0.25) is 11.8 Å². The summed E-state index contributed by atoms with van der Waals surface area (Å²) >= 11 is 4.21. The van der Waals surface area contributed by atoms with Crippen molar-refractivity contribution in [1.29, 1.82) is 0 Å². The van der Waals surface area contributed by atoms with Crippen LogP contribution in [0.1, 0.15) is 25.7 Å². The molecule has 0 spiro atoms. The summed E-state index contributed by atoms with van der Waals surface area (Å²) in [6, 6.07) is 0. The summed E-state index contributed by atoms with van der Waals surface area (Å²) in [6.45, 7) is -0.360. The van der Waals surface area contributed by atoms with Crippen molar-refractivity contribution in [3.05, 3.63) is 0 Å². The van der Waals surface area contributed by atoms with Crippen LogP contribution < -0.4 is 22.3 Å². The van der Waals surface area contributed by atoms with Crippen LogP contribution in [-0.4, -0.2) is 237 Å². The van der Waals surface area contributed by atoms with E-state index >= 15 is 0 Å². The van der Waals surface area contributed by atoms with E-state index in [4.69, 9.17) is 44.7 Å². The fraction of sp³-hybridized carbons (Fsp3) is 0.914. The Hall–Kier alpha value is -1.22. The summed E-state index contributed by atoms with van der Waals surface area (Å²) in [5.41, 5.74) is 7.04. The lowest BCUT2D eigenvalue weighted by Crippen LogP contribution is -2.62. The largest absolute Gasteiger partial charge is 0.394 e. The van der Waals surface area contributed by atoms with Crippen LogP contribution in [0.25, 0.3) is 0 Å². The second-order valence-corrected chi connectivity index (χ2v) is 17.7. The lowest BCUT2D eigenvalue weighted by Gasteiger charge is -2.44. The number of ether oxygens (including phenoxy) is 7. The second-order valence-electron chi connectivity index (χ2n) is 14.2. The number of nitrogens with zero attached hydrogens (tertiary/aromatic N) is 1. The number of methoxy groups -OCH3 is 1. The van der Waals surface area contributed by atoms with E-state index in [2.05, 4.69) is 10.3 Å². The Kier molecular flexibility index (Phi) is 26.0. The van der Waals surface area contributed by atoms with Gasteiger partial charge in [-0.05, 0) is 24.3 Å². The summed E-state index contributed by atoms with van der Waals surface area (Å²) in [5, 5.41) is 95.2. The van der Waals surface area contributed by atoms with Gasteiger partial charge in [-0.1, -0.05) is 0 Å². The molecule has 15 N–H and O–H groups in total. The number of hydrogen-bond donors (Lipinski definition) is 13. The molecule has 0 radical (unpaired) electrons. The van der Waals surface area contributed by atoms with Gasteiger partial charge >= 0.3 is 0 Å². The Labute approximate surface area is 366 Å². The van der Waals surface area contributed by atoms with Crippen molar-refractivity contribution in [1.82, 2.24) is 10.7 Å². The van der Waals surface area contributed by atoms with Gasteiger partial charge in [0, 0.05) is 57.8 Å². The Morgan fingerprint density at radius 1 is 0.689 bits per heavy atom. The molecule has 0 saturated carbocycles. The molecule has 3 aliphatic heterocycles. The molecule has 0 aromatic rings. The molecule has 3 heterocycles. The number of nitrogens with one attached hydrogen (secondary N) is 2. The van der Waals surface area contributed by atoms with Gasteiger partial charge in [-0.25, -0.2) is 5.84 Å². The second kappa shape index (κ2) is 29.3. The zero-order chi connectivity index (χ0) is 44.9. The Morgan fingerprint density at radius 3 is 1.87 bits per heavy atom. The number of rotatable bonds is 28. The fourth-order valence-electron chi connectivity index (χ4n) is 6.25. The molecule has 0 bridgehead atoms. The molecule has 5 unspecified atom stereocenters. The zero-order valence-electron chi connectivity index (χ0n) is 34.0. The first-order chi connectivity index (χ1) is 29.3. The van der Waals surface area contributed by atoms with E-state index in [0.29, 0.717) is 48.9 Å². The smallest absolute Gasteiger partial charge is 0.234 e. The van der Waals surface area contributed by atoms with Gasteiger partial charge < -0.3 is 90.2 Å². The summed E-state index contributed by atoms with van der Waals surface area (Å²) in [7, 11) is 1.35. The molecule has 3 rings (SSSR count). The van der Waals surface area contributed by atoms with Gasteiger partial charge in [-0.3, -0.25) is 20.0 Å². The molecule has 3 aliphatic rings. The average molecular weight is 940 g/mol. The van der Waals surface area contributed by atoms with Crippen molar-refractivity contribution in [2.75, 3.05) is 82.0 Å². The van der Waals surface area contributed by atoms with Crippen molar-refractivity contribution in [2.24, 2.45) is 16.6 Å². The number of carbonyl (C=O) groups is 2. The van der Waals surface area contributed by atoms with E-state index in [1.807, 2.05) is 5.43 Å². The number of carbonyl (C=O) groups excluding carboxylic acids is 2. The molecule has 0 aromatic heterocycles. The van der Waals surface area contributed by atoms with Gasteiger partial charge in [0.05, 0.1) is 25.6 Å². The van der Waals surface area contributed by atoms with Crippen molar-refractivity contribution in [3.8, 4) is 0 Å². The summed E-state index contributed by atoms with van der Waals surface area (Å²) in [4.78, 5) is 27.2. The first kappa shape index (κ1) is 54.1. The minimum atomic E-state index is -1.50. The summed E-state index contributed by atoms with van der Waals surface area (Å²) < 4.78 is 40.0. The van der Waals surface area contributed by atoms with Crippen LogP contribution in [0.2, 0.25) is 0 Å². The number of aliphatic hydroxyl groups is 9. The predicted molar refractivity (Wildman–Crippen MR) is 222 cm³/mol. The topological polar surface area (TPSA) is 369 Å². The van der Waals surface area contributed by atoms with Crippen LogP contribution >= 0.6 is 35.3 Å². The molecule has 26 heteroatoms. The van der Waals surface area contributed by atoms with E-state index in [1.54, 1.807) is 23.5 Å². The minimum Gasteiger partial charge on any atom is -0.394 e. The molecule has 23 nitrogen and oxygen atoms in total. The van der Waals surface area contributed by atoms with E-state index in [-0.39, 0.29) is 50.2 Å². The molecular formula is C35H65N5O18S3. The van der Waals surface area contributed by atoms with E-state index in [0.717, 1.165) is 11.8 Å². The molecule has 2 amide bonds. The molecule has 356 valence electrons. The highest BCUT2D eigenvalue weighted by molar-refractivity contribution is 8.00. The zero-order valence-corrected chi connectivity index (χ0v) is 36.4. The number of aliphatic hydroxyl groups excluding tert-OH is 9. The maximum absolute atomic E-state index is 11.8. The summed E-state index contributed by atoms with van der Waals surface area (Å²) in [5.74, 6) is 7.33. The molecule has 61 heavy (non-hydrogen) atoms. The number of thioether (sulfide) groups is 3. The lowest BCUT2D eigenvalue weighted by molar-refractivity contribution is -0.335. The Balaban J connectivity index is 1.36. The molecule has 3 fully saturated rings. The first-order valence-electron chi connectivity index (χ1n) is 19.9. The third-order valence-electron chi connectivity index (χ3n) is 9.72. The standard InChI is InChI=1S/C35H65N5O18S3/c1-52-33-31(53-8-2-11-60-13-7-39-22(43)4-5-23(44)40-37)29(50)26(47)20(57-33)16-55-34-32(28(49)25(46)18(14-41)56-34)54-9-3-10-59-12-6-38-21(36)17-61-35-30(51)27(48)24(45)19(15-42)58-35/h18-20,24-35,41-42,45-51H,2-17,37H2,1H3,(H2,36,38)(H,39,43)(H,40,44)/t18?,19-,20?,24-,25+,26+,27-,28-,29-,30?,31?,32?,33-,34-,35-/m0/s1. The number of hydrazine groups is 1. The molecule has 0 aromatic carbocycles. The number of amidine groups is 1. The van der Waals surface area contributed by atoms with Gasteiger partial charge in [-0.15, -0.1) is 11.8 Å². The predicted octanol–water partition coefficient (Wildman–Crippen LogP) is -5.67. The van der Waals surface area contributed by atoms with Crippen molar-refractivity contribution in [2.45, 2.75) is 117 Å². The monoisotopic (exact) mass is 939 g/mol. The van der Waals surface area contributed by atoms with Crippen LogP contribution in [-0.2, 0) is 42.7 Å². The molecule has 15 atom stereocenters. The maximum Gasteiger partial charge on any atom is 0.234 e. The van der Waals surface area contributed by atoms with Crippen LogP contribution in [0.4, 0.5) is 0 Å². The van der Waals surface area contributed by atoms with E-state index in [1.165, 1.54) is 7.11 Å². The van der Waals surface area contributed by atoms with Crippen molar-refractivity contribution in [3.63, 3.8) is 0 Å². The van der Waals surface area contributed by atoms with Crippen LogP contribution in [0.5, 0.6) is 0 Å². The highest BCUT2D eigenvalue weighted by Crippen LogP contribution is 2.30. The average Bonchev–Trinajstić information content (AvgIpc) is 3.26. The molecule has 3 saturated heterocycles. The van der Waals surface area contributed by atoms with Crippen molar-refractivity contribution >= 4 is 52.9 Å². The minimum absolute atomic E-state index is 0.00409. The number of hydrogen-bond acceptors (Lipinski definition) is 23. The lowest BCUT2D eigenvalue weighted by atomic mass is 9.98. The number of nitrogens with two attached hydrogens (primary N) is 2. The number of aliphatic imine (C=N–C) groups is 1. The third-order valence-corrected chi connectivity index (χ3v) is 13.0. The normalized spacial score (nSPS) is 34.6. The van der Waals surface area contributed by atoms with Gasteiger partial charge in [-0.2, -0.15) is 23.5 Å². The molecular weight excluding hydrogens is 875 g/mol. The van der Waals surface area contributed by atoms with Gasteiger partial charge in [0.25, 0.3) is 0 Å². The van der Waals surface area contributed by atoms with Crippen LogP contribution in [0.15, 0.2) is 4.99 Å². The Morgan fingerprint density at radius 2 is 1.25 bits per heavy atom. The molecule has 0 aliphatic carbocycles. The quantitative estimate of drug-likeness (QED) is 0.00868. The van der Waals surface area contributed by atoms with E-state index in [9.17, 15) is 55.5 Å². The number of amides is 2. The first-order valence-corrected chi connectivity index (χ1v) is 23.3. The highest BCUT2D eigenvalue weighted by atomic mass is 32.2. The van der Waals surface area contributed by atoms with Gasteiger partial charge in [0.15, 0.2) is 12.6 Å². The van der Waals surface area contributed by atoms with E-state index < -0.39 is 110 Å². The van der Waals surface area contributed by atoms with Gasteiger partial charge in [0.1, 0.15) is 84.5 Å². The van der Waals surface area contributed by atoms with Crippen LogP contribution in [0, 0.1) is 0 Å². The Bertz CT molecular complexity index is 1290. The highest BCUT2D eigenvalue weighted by Gasteiger charge is 2.49.